The molecule has 0 amide bonds. The van der Waals surface area contributed by atoms with Gasteiger partial charge in [-0.25, -0.2) is 10.8 Å². The Morgan fingerprint density at radius 2 is 1.95 bits per heavy atom. The molecule has 0 saturated heterocycles. The Hall–Kier alpha value is -1.04. The number of hydrogen-bond donors (Lipinski definition) is 2. The van der Waals surface area contributed by atoms with Crippen LogP contribution in [-0.4, -0.2) is 4.98 Å². The summed E-state index contributed by atoms with van der Waals surface area (Å²) in [5.41, 5.74) is 4.14. The van der Waals surface area contributed by atoms with Gasteiger partial charge in [0, 0.05) is 21.7 Å². The average molecular weight is 293 g/mol. The topological polar surface area (TPSA) is 50.9 Å². The second-order valence-corrected chi connectivity index (χ2v) is 7.50. The lowest BCUT2D eigenvalue weighted by Crippen LogP contribution is -2.10. The second-order valence-electron chi connectivity index (χ2n) is 5.34. The molecular weight excluding hydrogens is 274 g/mol. The number of hydrogen-bond acceptors (Lipinski definition) is 5. The predicted molar refractivity (Wildman–Crippen MR) is 84.6 cm³/mol. The van der Waals surface area contributed by atoms with Crippen LogP contribution in [0.5, 0.6) is 0 Å². The van der Waals surface area contributed by atoms with Crippen LogP contribution in [-0.2, 0) is 11.2 Å². The van der Waals surface area contributed by atoms with E-state index in [1.165, 1.54) is 15.3 Å². The molecule has 2 rings (SSSR count). The summed E-state index contributed by atoms with van der Waals surface area (Å²) in [6.07, 6.45) is 1.87. The van der Waals surface area contributed by atoms with Crippen molar-refractivity contribution < 1.29 is 0 Å². The molecule has 0 fully saturated rings. The molecule has 0 atom stereocenters. The van der Waals surface area contributed by atoms with Crippen molar-refractivity contribution in [2.75, 3.05) is 5.43 Å². The molecule has 102 valence electrons. The molecule has 1 heterocycles. The number of thiazole rings is 1. The molecule has 3 nitrogen and oxygen atoms in total. The number of aromatic nitrogens is 1. The first-order valence-electron chi connectivity index (χ1n) is 6.14. The first-order valence-corrected chi connectivity index (χ1v) is 7.94. The van der Waals surface area contributed by atoms with Gasteiger partial charge < -0.3 is 0 Å². The van der Waals surface area contributed by atoms with Crippen LogP contribution in [0.15, 0.2) is 35.4 Å². The summed E-state index contributed by atoms with van der Waals surface area (Å²) >= 11 is 3.41. The van der Waals surface area contributed by atoms with Gasteiger partial charge >= 0.3 is 0 Å². The molecule has 2 aromatic rings. The van der Waals surface area contributed by atoms with Crippen molar-refractivity contribution in [1.82, 2.24) is 4.98 Å². The molecule has 0 spiro atoms. The van der Waals surface area contributed by atoms with E-state index in [2.05, 4.69) is 55.4 Å². The monoisotopic (exact) mass is 293 g/mol. The highest BCUT2D eigenvalue weighted by molar-refractivity contribution is 7.98. The predicted octanol–water partition coefficient (Wildman–Crippen LogP) is 4.02. The minimum Gasteiger partial charge on any atom is -0.300 e. The Balaban J connectivity index is 1.96. The molecule has 5 heteroatoms. The number of rotatable bonds is 4. The van der Waals surface area contributed by atoms with Crippen LogP contribution in [0.1, 0.15) is 31.2 Å². The zero-order valence-corrected chi connectivity index (χ0v) is 13.1. The third kappa shape index (κ3) is 3.96. The SMILES string of the molecule is CC(C)(C)c1ccc(SCc2cnc(NN)s2)cc1. The van der Waals surface area contributed by atoms with Crippen molar-refractivity contribution in [3.63, 3.8) is 0 Å². The number of benzene rings is 1. The van der Waals surface area contributed by atoms with E-state index in [9.17, 15) is 0 Å². The van der Waals surface area contributed by atoms with Crippen LogP contribution >= 0.6 is 23.1 Å². The number of thioether (sulfide) groups is 1. The van der Waals surface area contributed by atoms with Crippen molar-refractivity contribution in [2.24, 2.45) is 5.84 Å². The van der Waals surface area contributed by atoms with Crippen molar-refractivity contribution in [2.45, 2.75) is 36.8 Å². The zero-order chi connectivity index (χ0) is 13.9. The standard InChI is InChI=1S/C14H19N3S2/c1-14(2,3)10-4-6-11(7-5-10)18-9-12-8-16-13(17-15)19-12/h4-8H,9,15H2,1-3H3,(H,16,17). The molecule has 0 aliphatic rings. The third-order valence-corrected chi connectivity index (χ3v) is 4.95. The lowest BCUT2D eigenvalue weighted by molar-refractivity contribution is 0.590. The average Bonchev–Trinajstić information content (AvgIpc) is 2.84. The fourth-order valence-corrected chi connectivity index (χ4v) is 3.29. The third-order valence-electron chi connectivity index (χ3n) is 2.78. The highest BCUT2D eigenvalue weighted by Gasteiger charge is 2.12. The first kappa shape index (κ1) is 14.4. The molecule has 1 aromatic heterocycles. The number of hydrazine groups is 1. The molecule has 1 aromatic carbocycles. The second kappa shape index (κ2) is 5.94. The van der Waals surface area contributed by atoms with Gasteiger partial charge in [-0.2, -0.15) is 0 Å². The maximum absolute atomic E-state index is 5.32. The van der Waals surface area contributed by atoms with E-state index in [0.29, 0.717) is 0 Å². The Morgan fingerprint density at radius 3 is 2.47 bits per heavy atom. The number of nitrogens with two attached hydrogens (primary N) is 1. The van der Waals surface area contributed by atoms with Crippen LogP contribution in [0.4, 0.5) is 5.13 Å². The number of anilines is 1. The van der Waals surface area contributed by atoms with Gasteiger partial charge in [-0.1, -0.05) is 32.9 Å². The summed E-state index contributed by atoms with van der Waals surface area (Å²) < 4.78 is 0. The van der Waals surface area contributed by atoms with Crippen molar-refractivity contribution in [3.05, 3.63) is 40.9 Å². The molecule has 0 unspecified atom stereocenters. The minimum absolute atomic E-state index is 0.211. The van der Waals surface area contributed by atoms with E-state index in [1.807, 2.05) is 18.0 Å². The largest absolute Gasteiger partial charge is 0.300 e. The zero-order valence-electron chi connectivity index (χ0n) is 11.4. The summed E-state index contributed by atoms with van der Waals surface area (Å²) in [6.45, 7) is 6.69. The highest BCUT2D eigenvalue weighted by Crippen LogP contribution is 2.29. The first-order chi connectivity index (χ1) is 8.99. The summed E-state index contributed by atoms with van der Waals surface area (Å²) in [5, 5.41) is 0.763. The Labute approximate surface area is 122 Å². The number of nitrogens with one attached hydrogen (secondary N) is 1. The van der Waals surface area contributed by atoms with E-state index in [1.54, 1.807) is 11.3 Å². The molecule has 0 aliphatic heterocycles. The van der Waals surface area contributed by atoms with Crippen molar-refractivity contribution in [1.29, 1.82) is 0 Å². The van der Waals surface area contributed by atoms with Crippen LogP contribution in [0, 0.1) is 0 Å². The normalized spacial score (nSPS) is 11.6. The van der Waals surface area contributed by atoms with Gasteiger partial charge in [0.05, 0.1) is 0 Å². The number of nitrogens with zero attached hydrogens (tertiary/aromatic N) is 1. The van der Waals surface area contributed by atoms with Gasteiger partial charge in [0.2, 0.25) is 0 Å². The number of nitrogen functional groups attached to an aromatic ring is 1. The molecule has 0 radical (unpaired) electrons. The smallest absolute Gasteiger partial charge is 0.197 e. The fourth-order valence-electron chi connectivity index (χ4n) is 1.65. The molecule has 3 N–H and O–H groups in total. The van der Waals surface area contributed by atoms with Crippen molar-refractivity contribution in [3.8, 4) is 0 Å². The Morgan fingerprint density at radius 1 is 1.26 bits per heavy atom. The van der Waals surface area contributed by atoms with E-state index in [-0.39, 0.29) is 5.41 Å². The summed E-state index contributed by atoms with van der Waals surface area (Å²) in [7, 11) is 0. The van der Waals surface area contributed by atoms with E-state index >= 15 is 0 Å². The van der Waals surface area contributed by atoms with Crippen LogP contribution in [0.25, 0.3) is 0 Å². The van der Waals surface area contributed by atoms with Crippen LogP contribution in [0.2, 0.25) is 0 Å². The van der Waals surface area contributed by atoms with Crippen LogP contribution < -0.4 is 11.3 Å². The minimum atomic E-state index is 0.211. The van der Waals surface area contributed by atoms with Gasteiger partial charge in [0.15, 0.2) is 5.13 Å². The molecular formula is C14H19N3S2. The molecule has 0 aliphatic carbocycles. The van der Waals surface area contributed by atoms with E-state index in [0.717, 1.165) is 10.9 Å². The quantitative estimate of drug-likeness (QED) is 0.508. The van der Waals surface area contributed by atoms with Gasteiger partial charge in [0.25, 0.3) is 0 Å². The molecule has 0 bridgehead atoms. The summed E-state index contributed by atoms with van der Waals surface area (Å²) in [5.74, 6) is 6.24. The van der Waals surface area contributed by atoms with Gasteiger partial charge in [-0.3, -0.25) is 5.43 Å². The maximum atomic E-state index is 5.32. The van der Waals surface area contributed by atoms with E-state index in [4.69, 9.17) is 5.84 Å². The van der Waals surface area contributed by atoms with Crippen molar-refractivity contribution >= 4 is 28.2 Å². The Bertz CT molecular complexity index is 526. The lowest BCUT2D eigenvalue weighted by atomic mass is 9.87. The van der Waals surface area contributed by atoms with Gasteiger partial charge in [-0.05, 0) is 23.1 Å². The van der Waals surface area contributed by atoms with Crippen LogP contribution in [0.3, 0.4) is 0 Å². The summed E-state index contributed by atoms with van der Waals surface area (Å²) in [4.78, 5) is 6.66. The fraction of sp³-hybridized carbons (Fsp3) is 0.357. The molecule has 19 heavy (non-hydrogen) atoms. The van der Waals surface area contributed by atoms with Gasteiger partial charge in [0.1, 0.15) is 0 Å². The van der Waals surface area contributed by atoms with Gasteiger partial charge in [-0.15, -0.1) is 23.1 Å². The summed E-state index contributed by atoms with van der Waals surface area (Å²) in [6, 6.07) is 8.80. The Kier molecular flexibility index (Phi) is 4.50. The molecule has 0 saturated carbocycles. The maximum Gasteiger partial charge on any atom is 0.197 e. The lowest BCUT2D eigenvalue weighted by Gasteiger charge is -2.18. The van der Waals surface area contributed by atoms with E-state index < -0.39 is 0 Å². The highest BCUT2D eigenvalue weighted by atomic mass is 32.2.